The fourth-order valence-electron chi connectivity index (χ4n) is 2.99. The lowest BCUT2D eigenvalue weighted by Gasteiger charge is -2.08. The number of carbonyl (C=O) groups is 1. The lowest BCUT2D eigenvalue weighted by Crippen LogP contribution is -2.14. The second-order valence-corrected chi connectivity index (χ2v) is 10.5. The topological polar surface area (TPSA) is 102 Å². The Morgan fingerprint density at radius 1 is 0.935 bits per heavy atom. The molecule has 3 aromatic rings. The average molecular weight is 442 g/mol. The van der Waals surface area contributed by atoms with Crippen molar-refractivity contribution in [3.63, 3.8) is 0 Å². The third kappa shape index (κ3) is 5.79. The summed E-state index contributed by atoms with van der Waals surface area (Å²) in [6, 6.07) is 14.6. The number of sulfone groups is 1. The number of nitrogens with one attached hydrogen (secondary N) is 1. The van der Waals surface area contributed by atoms with Crippen LogP contribution in [0.3, 0.4) is 0 Å². The first kappa shape index (κ1) is 22.7. The van der Waals surface area contributed by atoms with Crippen LogP contribution in [0.2, 0.25) is 0 Å². The van der Waals surface area contributed by atoms with Crippen LogP contribution in [0.25, 0.3) is 0 Å². The van der Waals surface area contributed by atoms with E-state index in [2.05, 4.69) is 29.4 Å². The van der Waals surface area contributed by atoms with Crippen molar-refractivity contribution in [2.75, 3.05) is 5.32 Å². The molecule has 164 valence electrons. The van der Waals surface area contributed by atoms with Crippen LogP contribution >= 0.6 is 0 Å². The number of benzene rings is 2. The summed E-state index contributed by atoms with van der Waals surface area (Å²) >= 11 is 0. The van der Waals surface area contributed by atoms with Gasteiger partial charge in [0.2, 0.25) is 11.8 Å². The van der Waals surface area contributed by atoms with Crippen molar-refractivity contribution < 1.29 is 17.6 Å². The van der Waals surface area contributed by atoms with Crippen LogP contribution in [0.5, 0.6) is 0 Å². The van der Waals surface area contributed by atoms with Crippen molar-refractivity contribution in [1.82, 2.24) is 10.2 Å². The van der Waals surface area contributed by atoms with Gasteiger partial charge in [-0.3, -0.25) is 10.1 Å². The SMILES string of the molecule is CC(C)c1ccc(CC(=O)Nc2nnc(Cc3ccc(S(=O)(=O)C(C)C)cc3)o2)cc1. The Hall–Kier alpha value is -3.00. The molecule has 1 aromatic heterocycles. The summed E-state index contributed by atoms with van der Waals surface area (Å²) in [6.45, 7) is 7.55. The summed E-state index contributed by atoms with van der Waals surface area (Å²) in [5.41, 5.74) is 2.95. The van der Waals surface area contributed by atoms with Gasteiger partial charge in [0.05, 0.1) is 23.0 Å². The molecule has 0 radical (unpaired) electrons. The molecule has 0 saturated carbocycles. The molecule has 1 amide bonds. The Morgan fingerprint density at radius 3 is 2.13 bits per heavy atom. The van der Waals surface area contributed by atoms with Crippen LogP contribution < -0.4 is 5.32 Å². The normalized spacial score (nSPS) is 11.8. The first-order chi connectivity index (χ1) is 14.6. The summed E-state index contributed by atoms with van der Waals surface area (Å²) in [6.07, 6.45) is 0.545. The van der Waals surface area contributed by atoms with Gasteiger partial charge in [0.15, 0.2) is 9.84 Å². The first-order valence-electron chi connectivity index (χ1n) is 10.2. The van der Waals surface area contributed by atoms with E-state index in [4.69, 9.17) is 4.42 Å². The number of nitrogens with zero attached hydrogens (tertiary/aromatic N) is 2. The van der Waals surface area contributed by atoms with Crippen molar-refractivity contribution in [1.29, 1.82) is 0 Å². The van der Waals surface area contributed by atoms with Crippen molar-refractivity contribution in [3.05, 3.63) is 71.1 Å². The summed E-state index contributed by atoms with van der Waals surface area (Å²) in [4.78, 5) is 12.5. The fourth-order valence-corrected chi connectivity index (χ4v) is 4.05. The molecule has 0 aliphatic carbocycles. The Bertz CT molecular complexity index is 1130. The highest BCUT2D eigenvalue weighted by atomic mass is 32.2. The van der Waals surface area contributed by atoms with Crippen LogP contribution in [-0.2, 0) is 27.5 Å². The molecule has 1 heterocycles. The minimum Gasteiger partial charge on any atom is -0.407 e. The molecule has 2 aromatic carbocycles. The molecule has 0 unspecified atom stereocenters. The maximum Gasteiger partial charge on any atom is 0.322 e. The average Bonchev–Trinajstić information content (AvgIpc) is 3.15. The second kappa shape index (κ2) is 9.43. The Morgan fingerprint density at radius 2 is 1.55 bits per heavy atom. The summed E-state index contributed by atoms with van der Waals surface area (Å²) < 4.78 is 29.9. The zero-order valence-corrected chi connectivity index (χ0v) is 18.9. The van der Waals surface area contributed by atoms with Gasteiger partial charge in [-0.1, -0.05) is 55.3 Å². The minimum absolute atomic E-state index is 0.0396. The standard InChI is InChI=1S/C23H27N3O4S/c1-15(2)19-9-5-17(6-10-19)13-21(27)24-23-26-25-22(30-23)14-18-7-11-20(12-8-18)31(28,29)16(3)4/h5-12,15-16H,13-14H2,1-4H3,(H,24,26,27). The van der Waals surface area contributed by atoms with Crippen LogP contribution in [-0.4, -0.2) is 29.8 Å². The van der Waals surface area contributed by atoms with Crippen LogP contribution in [0.1, 0.15) is 56.2 Å². The quantitative estimate of drug-likeness (QED) is 0.563. The summed E-state index contributed by atoms with van der Waals surface area (Å²) in [5.74, 6) is 0.530. The van der Waals surface area contributed by atoms with Gasteiger partial charge in [0, 0.05) is 0 Å². The van der Waals surface area contributed by atoms with Gasteiger partial charge in [0.25, 0.3) is 0 Å². The van der Waals surface area contributed by atoms with Gasteiger partial charge in [-0.05, 0) is 48.6 Å². The largest absolute Gasteiger partial charge is 0.407 e. The van der Waals surface area contributed by atoms with Crippen molar-refractivity contribution in [2.24, 2.45) is 0 Å². The van der Waals surface area contributed by atoms with E-state index in [-0.39, 0.29) is 23.2 Å². The number of hydrogen-bond donors (Lipinski definition) is 1. The molecule has 7 nitrogen and oxygen atoms in total. The number of hydrogen-bond acceptors (Lipinski definition) is 6. The van der Waals surface area contributed by atoms with E-state index in [0.717, 1.165) is 11.1 Å². The number of carbonyl (C=O) groups excluding carboxylic acids is 1. The molecule has 0 saturated heterocycles. The molecule has 0 aliphatic heterocycles. The third-order valence-corrected chi connectivity index (χ3v) is 7.12. The molecule has 31 heavy (non-hydrogen) atoms. The predicted molar refractivity (Wildman–Crippen MR) is 119 cm³/mol. The zero-order chi connectivity index (χ0) is 22.6. The van der Waals surface area contributed by atoms with Gasteiger partial charge in [-0.15, -0.1) is 5.10 Å². The highest BCUT2D eigenvalue weighted by Gasteiger charge is 2.19. The second-order valence-electron chi connectivity index (χ2n) is 8.04. The highest BCUT2D eigenvalue weighted by molar-refractivity contribution is 7.92. The van der Waals surface area contributed by atoms with Crippen LogP contribution in [0.15, 0.2) is 57.8 Å². The van der Waals surface area contributed by atoms with E-state index in [0.29, 0.717) is 18.2 Å². The number of rotatable bonds is 8. The highest BCUT2D eigenvalue weighted by Crippen LogP contribution is 2.19. The van der Waals surface area contributed by atoms with Crippen molar-refractivity contribution >= 4 is 21.8 Å². The molecule has 0 bridgehead atoms. The Balaban J connectivity index is 1.58. The van der Waals surface area contributed by atoms with Gasteiger partial charge in [0.1, 0.15) is 0 Å². The maximum atomic E-state index is 12.3. The molecular formula is C23H27N3O4S. The Labute approximate surface area is 182 Å². The van der Waals surface area contributed by atoms with Crippen LogP contribution in [0, 0.1) is 0 Å². The predicted octanol–water partition coefficient (Wildman–Crippen LogP) is 4.15. The van der Waals surface area contributed by atoms with E-state index in [1.807, 2.05) is 24.3 Å². The van der Waals surface area contributed by atoms with E-state index in [1.165, 1.54) is 5.56 Å². The first-order valence-corrected chi connectivity index (χ1v) is 11.7. The number of aromatic nitrogens is 2. The number of amides is 1. The van der Waals surface area contributed by atoms with E-state index in [1.54, 1.807) is 38.1 Å². The smallest absolute Gasteiger partial charge is 0.322 e. The van der Waals surface area contributed by atoms with E-state index in [9.17, 15) is 13.2 Å². The van der Waals surface area contributed by atoms with Crippen molar-refractivity contribution in [2.45, 2.75) is 56.6 Å². The van der Waals surface area contributed by atoms with E-state index < -0.39 is 15.1 Å². The van der Waals surface area contributed by atoms with Gasteiger partial charge < -0.3 is 4.42 Å². The van der Waals surface area contributed by atoms with Gasteiger partial charge in [-0.25, -0.2) is 8.42 Å². The van der Waals surface area contributed by atoms with Crippen LogP contribution in [0.4, 0.5) is 6.01 Å². The van der Waals surface area contributed by atoms with Gasteiger partial charge >= 0.3 is 6.01 Å². The Kier molecular flexibility index (Phi) is 6.90. The molecule has 8 heteroatoms. The summed E-state index contributed by atoms with van der Waals surface area (Å²) in [5, 5.41) is 9.96. The summed E-state index contributed by atoms with van der Waals surface area (Å²) in [7, 11) is -3.31. The minimum atomic E-state index is -3.31. The fraction of sp³-hybridized carbons (Fsp3) is 0.348. The van der Waals surface area contributed by atoms with E-state index >= 15 is 0 Å². The molecular weight excluding hydrogens is 414 g/mol. The molecule has 0 atom stereocenters. The molecule has 0 fully saturated rings. The van der Waals surface area contributed by atoms with Crippen molar-refractivity contribution in [3.8, 4) is 0 Å². The third-order valence-electron chi connectivity index (χ3n) is 4.95. The molecule has 3 rings (SSSR count). The number of anilines is 1. The zero-order valence-electron chi connectivity index (χ0n) is 18.1. The molecule has 0 spiro atoms. The lowest BCUT2D eigenvalue weighted by atomic mass is 10.0. The lowest BCUT2D eigenvalue weighted by molar-refractivity contribution is -0.115. The molecule has 1 N–H and O–H groups in total. The van der Waals surface area contributed by atoms with Gasteiger partial charge in [-0.2, -0.15) is 0 Å². The monoisotopic (exact) mass is 441 g/mol. The maximum absolute atomic E-state index is 12.3. The molecule has 0 aliphatic rings.